The van der Waals surface area contributed by atoms with Crippen molar-refractivity contribution in [2.75, 3.05) is 0 Å². The molecule has 0 amide bonds. The fraction of sp³-hybridized carbons (Fsp3) is 0.769. The van der Waals surface area contributed by atoms with Crippen LogP contribution in [0.3, 0.4) is 0 Å². The molecule has 0 saturated carbocycles. The summed E-state index contributed by atoms with van der Waals surface area (Å²) in [7, 11) is 0. The quantitative estimate of drug-likeness (QED) is 0.718. The first-order valence-corrected chi connectivity index (χ1v) is 5.54. The second-order valence-electron chi connectivity index (χ2n) is 5.78. The predicted molar refractivity (Wildman–Crippen MR) is 63.9 cm³/mol. The average molecular weight is 212 g/mol. The molecule has 0 aromatic heterocycles. The third-order valence-electron chi connectivity index (χ3n) is 2.68. The highest BCUT2D eigenvalue weighted by atomic mass is 16.4. The van der Waals surface area contributed by atoms with Crippen LogP contribution in [0.2, 0.25) is 0 Å². The molecule has 2 nitrogen and oxygen atoms in total. The van der Waals surface area contributed by atoms with Gasteiger partial charge in [0.1, 0.15) is 0 Å². The van der Waals surface area contributed by atoms with Gasteiger partial charge in [-0.15, -0.1) is 0 Å². The predicted octanol–water partition coefficient (Wildman–Crippen LogP) is 3.87. The maximum atomic E-state index is 11.1. The molecule has 15 heavy (non-hydrogen) atoms. The molecule has 0 aromatic carbocycles. The summed E-state index contributed by atoms with van der Waals surface area (Å²) in [5.74, 6) is -0.746. The molecule has 0 aliphatic rings. The van der Waals surface area contributed by atoms with Crippen molar-refractivity contribution < 1.29 is 9.90 Å². The minimum atomic E-state index is -0.746. The summed E-state index contributed by atoms with van der Waals surface area (Å²) in [6.45, 7) is 12.0. The molecular weight excluding hydrogens is 188 g/mol. The van der Waals surface area contributed by atoms with Crippen LogP contribution in [-0.2, 0) is 4.79 Å². The Morgan fingerprint density at radius 2 is 1.67 bits per heavy atom. The van der Waals surface area contributed by atoms with Crippen molar-refractivity contribution in [2.45, 2.75) is 54.4 Å². The van der Waals surface area contributed by atoms with Crippen LogP contribution in [0.5, 0.6) is 0 Å². The minimum Gasteiger partial charge on any atom is -0.481 e. The van der Waals surface area contributed by atoms with E-state index >= 15 is 0 Å². The summed E-state index contributed by atoms with van der Waals surface area (Å²) in [4.78, 5) is 11.1. The van der Waals surface area contributed by atoms with Crippen LogP contribution in [0.15, 0.2) is 11.6 Å². The molecule has 0 aliphatic heterocycles. The number of hydrogen-bond acceptors (Lipinski definition) is 1. The van der Waals surface area contributed by atoms with Crippen molar-refractivity contribution in [2.24, 2.45) is 10.8 Å². The third kappa shape index (κ3) is 4.50. The van der Waals surface area contributed by atoms with Crippen molar-refractivity contribution in [3.63, 3.8) is 0 Å². The van der Waals surface area contributed by atoms with Crippen LogP contribution in [0.4, 0.5) is 0 Å². The van der Waals surface area contributed by atoms with Crippen LogP contribution in [0.25, 0.3) is 0 Å². The smallest absolute Gasteiger partial charge is 0.313 e. The van der Waals surface area contributed by atoms with Gasteiger partial charge < -0.3 is 5.11 Å². The lowest BCUT2D eigenvalue weighted by Gasteiger charge is -2.24. The van der Waals surface area contributed by atoms with Gasteiger partial charge in [0.05, 0.1) is 5.41 Å². The van der Waals surface area contributed by atoms with E-state index in [9.17, 15) is 4.79 Å². The van der Waals surface area contributed by atoms with Gasteiger partial charge in [-0.1, -0.05) is 39.3 Å². The van der Waals surface area contributed by atoms with E-state index in [2.05, 4.69) is 26.8 Å². The Hall–Kier alpha value is -0.790. The van der Waals surface area contributed by atoms with Gasteiger partial charge in [-0.2, -0.15) is 0 Å². The molecule has 0 atom stereocenters. The molecule has 0 spiro atoms. The van der Waals surface area contributed by atoms with E-state index in [1.54, 1.807) is 13.8 Å². The van der Waals surface area contributed by atoms with Crippen molar-refractivity contribution in [1.82, 2.24) is 0 Å². The Morgan fingerprint density at radius 3 is 1.93 bits per heavy atom. The number of aliphatic carboxylic acids is 1. The van der Waals surface area contributed by atoms with Crippen LogP contribution >= 0.6 is 0 Å². The SMILES string of the molecule is CCC(=CCC(C)(C)C)C(C)(C)C(=O)O. The fourth-order valence-electron chi connectivity index (χ4n) is 1.41. The molecule has 0 aliphatic carbocycles. The Labute approximate surface area is 93.4 Å². The van der Waals surface area contributed by atoms with Crippen LogP contribution in [0.1, 0.15) is 54.4 Å². The van der Waals surface area contributed by atoms with Crippen molar-refractivity contribution in [1.29, 1.82) is 0 Å². The number of allylic oxidation sites excluding steroid dienone is 1. The second-order valence-corrected chi connectivity index (χ2v) is 5.78. The van der Waals surface area contributed by atoms with Crippen LogP contribution in [-0.4, -0.2) is 11.1 Å². The lowest BCUT2D eigenvalue weighted by molar-refractivity contribution is -0.144. The molecule has 0 aromatic rings. The summed E-state index contributed by atoms with van der Waals surface area (Å²) in [5, 5.41) is 9.13. The minimum absolute atomic E-state index is 0.217. The highest BCUT2D eigenvalue weighted by molar-refractivity contribution is 5.77. The molecule has 0 fully saturated rings. The van der Waals surface area contributed by atoms with Gasteiger partial charge >= 0.3 is 5.97 Å². The van der Waals surface area contributed by atoms with Gasteiger partial charge in [0, 0.05) is 0 Å². The van der Waals surface area contributed by atoms with Gasteiger partial charge in [-0.3, -0.25) is 4.79 Å². The Kier molecular flexibility index (Phi) is 4.57. The Morgan fingerprint density at radius 1 is 1.20 bits per heavy atom. The van der Waals surface area contributed by atoms with E-state index in [-0.39, 0.29) is 5.41 Å². The van der Waals surface area contributed by atoms with Gasteiger partial charge in [-0.05, 0) is 32.1 Å². The standard InChI is InChI=1S/C13H24O2/c1-7-10(8-9-12(2,3)4)13(5,6)11(14)15/h8H,7,9H2,1-6H3,(H,14,15). The van der Waals surface area contributed by atoms with Crippen LogP contribution < -0.4 is 0 Å². The first kappa shape index (κ1) is 14.2. The molecular formula is C13H24O2. The summed E-state index contributed by atoms with van der Waals surface area (Å²) in [6.07, 6.45) is 3.82. The normalized spacial score (nSPS) is 14.1. The highest BCUT2D eigenvalue weighted by Gasteiger charge is 2.30. The van der Waals surface area contributed by atoms with Gasteiger partial charge in [0.25, 0.3) is 0 Å². The number of carbonyl (C=O) groups is 1. The zero-order chi connectivity index (χ0) is 12.3. The second kappa shape index (κ2) is 4.82. The number of carboxylic acids is 1. The van der Waals surface area contributed by atoms with E-state index in [4.69, 9.17) is 5.11 Å². The van der Waals surface area contributed by atoms with Crippen molar-refractivity contribution in [3.05, 3.63) is 11.6 Å². The van der Waals surface area contributed by atoms with E-state index in [0.29, 0.717) is 0 Å². The number of hydrogen-bond donors (Lipinski definition) is 1. The number of rotatable bonds is 4. The summed E-state index contributed by atoms with van der Waals surface area (Å²) < 4.78 is 0. The zero-order valence-corrected chi connectivity index (χ0v) is 10.8. The maximum absolute atomic E-state index is 11.1. The molecule has 0 saturated heterocycles. The summed E-state index contributed by atoms with van der Waals surface area (Å²) in [6, 6.07) is 0. The molecule has 1 N–H and O–H groups in total. The largest absolute Gasteiger partial charge is 0.481 e. The van der Waals surface area contributed by atoms with Crippen LogP contribution in [0, 0.1) is 10.8 Å². The van der Waals surface area contributed by atoms with Gasteiger partial charge in [-0.25, -0.2) is 0 Å². The summed E-state index contributed by atoms with van der Waals surface area (Å²) in [5.41, 5.74) is 0.500. The Balaban J connectivity index is 4.84. The summed E-state index contributed by atoms with van der Waals surface area (Å²) >= 11 is 0. The van der Waals surface area contributed by atoms with E-state index < -0.39 is 11.4 Å². The molecule has 0 unspecified atom stereocenters. The first-order valence-electron chi connectivity index (χ1n) is 5.54. The van der Waals surface area contributed by atoms with E-state index in [0.717, 1.165) is 18.4 Å². The Bertz CT molecular complexity index is 254. The lowest BCUT2D eigenvalue weighted by atomic mass is 9.80. The van der Waals surface area contributed by atoms with Crippen molar-refractivity contribution >= 4 is 5.97 Å². The molecule has 88 valence electrons. The van der Waals surface area contributed by atoms with E-state index in [1.165, 1.54) is 0 Å². The zero-order valence-electron chi connectivity index (χ0n) is 10.8. The topological polar surface area (TPSA) is 37.3 Å². The third-order valence-corrected chi connectivity index (χ3v) is 2.68. The molecule has 0 rings (SSSR count). The fourth-order valence-corrected chi connectivity index (χ4v) is 1.41. The average Bonchev–Trinajstić information content (AvgIpc) is 2.02. The monoisotopic (exact) mass is 212 g/mol. The van der Waals surface area contributed by atoms with Gasteiger partial charge in [0.2, 0.25) is 0 Å². The van der Waals surface area contributed by atoms with E-state index in [1.807, 2.05) is 6.92 Å². The van der Waals surface area contributed by atoms with Crippen molar-refractivity contribution in [3.8, 4) is 0 Å². The molecule has 0 bridgehead atoms. The lowest BCUT2D eigenvalue weighted by Crippen LogP contribution is -2.26. The molecule has 0 heterocycles. The number of carboxylic acid groups (broad SMARTS) is 1. The molecule has 0 radical (unpaired) electrons. The first-order chi connectivity index (χ1) is 6.61. The highest BCUT2D eigenvalue weighted by Crippen LogP contribution is 2.31. The van der Waals surface area contributed by atoms with Gasteiger partial charge in [0.15, 0.2) is 0 Å². The molecule has 2 heteroatoms. The maximum Gasteiger partial charge on any atom is 0.313 e.